The quantitative estimate of drug-likeness (QED) is 0.747. The maximum absolute atomic E-state index is 14.2. The van der Waals surface area contributed by atoms with Crippen molar-refractivity contribution < 1.29 is 23.8 Å². The van der Waals surface area contributed by atoms with E-state index in [1.807, 2.05) is 0 Å². The van der Waals surface area contributed by atoms with Gasteiger partial charge in [0.1, 0.15) is 17.5 Å². The Hall–Kier alpha value is -3.40. The van der Waals surface area contributed by atoms with Crippen molar-refractivity contribution >= 4 is 11.8 Å². The predicted octanol–water partition coefficient (Wildman–Crippen LogP) is 0.311. The molecule has 0 saturated carbocycles. The van der Waals surface area contributed by atoms with Gasteiger partial charge in [0.25, 0.3) is 11.8 Å². The number of carbonyl (C=O) groups is 2. The van der Waals surface area contributed by atoms with Crippen molar-refractivity contribution in [3.05, 3.63) is 62.8 Å². The Morgan fingerprint density at radius 3 is 2.90 bits per heavy atom. The summed E-state index contributed by atoms with van der Waals surface area (Å²) >= 11 is 0. The van der Waals surface area contributed by atoms with E-state index < -0.39 is 35.0 Å². The zero-order valence-electron chi connectivity index (χ0n) is 16.5. The highest BCUT2D eigenvalue weighted by atomic mass is 19.1. The third-order valence-corrected chi connectivity index (χ3v) is 5.44. The SMILES string of the molecule is Cc1cccc(CNC(=O)c2cn3c(c(O)c2=O)C(=O)N(C)[C@@H]2COCCN23)c1F. The number of hydrogen-bond acceptors (Lipinski definition) is 6. The molecule has 1 atom stereocenters. The maximum Gasteiger partial charge on any atom is 0.277 e. The standard InChI is InChI=1S/C20H21FN4O5/c1-11-4-3-5-12(15(11)21)8-22-19(28)13-9-25-16(18(27)17(13)26)20(29)23(2)14-10-30-7-6-24(14)25/h3-5,9,14,27H,6-8,10H2,1-2H3,(H,22,28)/t14-/m0/s1. The molecule has 4 rings (SSSR count). The van der Waals surface area contributed by atoms with Crippen LogP contribution in [0.25, 0.3) is 0 Å². The molecule has 0 bridgehead atoms. The number of morpholine rings is 1. The second-order valence-corrected chi connectivity index (χ2v) is 7.28. The lowest BCUT2D eigenvalue weighted by Crippen LogP contribution is -2.64. The van der Waals surface area contributed by atoms with Crippen molar-refractivity contribution in [2.45, 2.75) is 19.6 Å². The van der Waals surface area contributed by atoms with Crippen molar-refractivity contribution in [1.82, 2.24) is 14.9 Å². The minimum absolute atomic E-state index is 0.129. The summed E-state index contributed by atoms with van der Waals surface area (Å²) in [5.41, 5.74) is -0.796. The molecule has 1 aromatic carbocycles. The van der Waals surface area contributed by atoms with E-state index in [0.29, 0.717) is 18.7 Å². The van der Waals surface area contributed by atoms with Crippen molar-refractivity contribution in [3.63, 3.8) is 0 Å². The third-order valence-electron chi connectivity index (χ3n) is 5.44. The van der Waals surface area contributed by atoms with E-state index in [2.05, 4.69) is 5.32 Å². The topological polar surface area (TPSA) is 104 Å². The van der Waals surface area contributed by atoms with Gasteiger partial charge in [0.2, 0.25) is 5.43 Å². The number of pyridine rings is 1. The Morgan fingerprint density at radius 1 is 1.37 bits per heavy atom. The molecule has 1 saturated heterocycles. The Morgan fingerprint density at radius 2 is 2.13 bits per heavy atom. The van der Waals surface area contributed by atoms with Crippen molar-refractivity contribution in [3.8, 4) is 5.75 Å². The Balaban J connectivity index is 1.69. The van der Waals surface area contributed by atoms with E-state index in [1.54, 1.807) is 31.1 Å². The fourth-order valence-corrected chi connectivity index (χ4v) is 3.72. The predicted molar refractivity (Wildman–Crippen MR) is 104 cm³/mol. The molecule has 1 fully saturated rings. The van der Waals surface area contributed by atoms with Gasteiger partial charge in [-0.3, -0.25) is 24.1 Å². The summed E-state index contributed by atoms with van der Waals surface area (Å²) in [6.07, 6.45) is 0.806. The molecule has 1 aromatic heterocycles. The molecule has 3 heterocycles. The molecule has 2 amide bonds. The van der Waals surface area contributed by atoms with E-state index in [1.165, 1.54) is 21.8 Å². The van der Waals surface area contributed by atoms with E-state index in [4.69, 9.17) is 4.74 Å². The van der Waals surface area contributed by atoms with Gasteiger partial charge in [-0.25, -0.2) is 4.39 Å². The highest BCUT2D eigenvalue weighted by molar-refractivity contribution is 5.99. The van der Waals surface area contributed by atoms with Crippen LogP contribution in [0.1, 0.15) is 32.0 Å². The van der Waals surface area contributed by atoms with Crippen LogP contribution in [0.3, 0.4) is 0 Å². The zero-order chi connectivity index (χ0) is 21.6. The molecule has 2 aromatic rings. The third kappa shape index (κ3) is 3.09. The first-order valence-electron chi connectivity index (χ1n) is 9.44. The number of nitrogens with zero attached hydrogens (tertiary/aromatic N) is 3. The number of nitrogens with one attached hydrogen (secondary N) is 1. The Labute approximate surface area is 171 Å². The van der Waals surface area contributed by atoms with Crippen LogP contribution in [-0.4, -0.2) is 59.5 Å². The molecule has 158 valence electrons. The number of amides is 2. The number of fused-ring (bicyclic) bond motifs is 3. The summed E-state index contributed by atoms with van der Waals surface area (Å²) in [4.78, 5) is 39.4. The van der Waals surface area contributed by atoms with Crippen LogP contribution in [0.4, 0.5) is 4.39 Å². The van der Waals surface area contributed by atoms with E-state index in [9.17, 15) is 23.9 Å². The summed E-state index contributed by atoms with van der Waals surface area (Å²) < 4.78 is 20.9. The lowest BCUT2D eigenvalue weighted by molar-refractivity contribution is 0.0121. The van der Waals surface area contributed by atoms with Crippen LogP contribution in [0.5, 0.6) is 5.75 Å². The van der Waals surface area contributed by atoms with Gasteiger partial charge < -0.3 is 20.1 Å². The van der Waals surface area contributed by atoms with Crippen LogP contribution in [0.15, 0.2) is 29.2 Å². The number of benzene rings is 1. The van der Waals surface area contributed by atoms with Gasteiger partial charge in [-0.1, -0.05) is 18.2 Å². The second-order valence-electron chi connectivity index (χ2n) is 7.28. The smallest absolute Gasteiger partial charge is 0.277 e. The van der Waals surface area contributed by atoms with Crippen molar-refractivity contribution in [2.75, 3.05) is 31.8 Å². The van der Waals surface area contributed by atoms with Crippen LogP contribution in [-0.2, 0) is 11.3 Å². The fourth-order valence-electron chi connectivity index (χ4n) is 3.72. The van der Waals surface area contributed by atoms with Crippen LogP contribution < -0.4 is 15.8 Å². The van der Waals surface area contributed by atoms with Crippen LogP contribution in [0, 0.1) is 12.7 Å². The molecule has 2 N–H and O–H groups in total. The fraction of sp³-hybridized carbons (Fsp3) is 0.350. The van der Waals surface area contributed by atoms with Gasteiger partial charge in [-0.15, -0.1) is 0 Å². The van der Waals surface area contributed by atoms with Gasteiger partial charge in [0.15, 0.2) is 11.4 Å². The molecule has 0 aliphatic carbocycles. The molecule has 9 nitrogen and oxygen atoms in total. The number of carbonyl (C=O) groups excluding carboxylic acids is 2. The average Bonchev–Trinajstić information content (AvgIpc) is 2.74. The van der Waals surface area contributed by atoms with Crippen LogP contribution >= 0.6 is 0 Å². The first-order valence-corrected chi connectivity index (χ1v) is 9.44. The summed E-state index contributed by atoms with van der Waals surface area (Å²) in [5.74, 6) is -2.56. The van der Waals surface area contributed by atoms with E-state index >= 15 is 0 Å². The average molecular weight is 416 g/mol. The lowest BCUT2D eigenvalue weighted by atomic mass is 10.1. The molecule has 0 unspecified atom stereocenters. The number of aromatic hydroxyl groups is 1. The minimum atomic E-state index is -0.961. The van der Waals surface area contributed by atoms with Crippen molar-refractivity contribution in [1.29, 1.82) is 0 Å². The molecular weight excluding hydrogens is 395 g/mol. The zero-order valence-corrected chi connectivity index (χ0v) is 16.5. The molecule has 2 aliphatic rings. The van der Waals surface area contributed by atoms with E-state index in [0.717, 1.165) is 0 Å². The van der Waals surface area contributed by atoms with Crippen LogP contribution in [0.2, 0.25) is 0 Å². The maximum atomic E-state index is 14.2. The van der Waals surface area contributed by atoms with Gasteiger partial charge >= 0.3 is 0 Å². The number of hydrogen-bond donors (Lipinski definition) is 2. The number of halogens is 1. The monoisotopic (exact) mass is 416 g/mol. The van der Waals surface area contributed by atoms with Crippen molar-refractivity contribution in [2.24, 2.45) is 0 Å². The normalized spacial score (nSPS) is 18.1. The Kier molecular flexibility index (Phi) is 4.94. The molecular formula is C20H21FN4O5. The van der Waals surface area contributed by atoms with Gasteiger partial charge in [0.05, 0.1) is 19.8 Å². The number of likely N-dealkylation sites (N-methyl/N-ethyl adjacent to an activating group) is 1. The summed E-state index contributed by atoms with van der Waals surface area (Å²) in [7, 11) is 1.55. The second kappa shape index (κ2) is 7.45. The first kappa shape index (κ1) is 19.9. The molecule has 2 aliphatic heterocycles. The lowest BCUT2D eigenvalue weighted by Gasteiger charge is -2.47. The molecule has 30 heavy (non-hydrogen) atoms. The molecule has 0 spiro atoms. The molecule has 0 radical (unpaired) electrons. The first-order chi connectivity index (χ1) is 14.3. The highest BCUT2D eigenvalue weighted by Crippen LogP contribution is 2.25. The molecule has 10 heteroatoms. The van der Waals surface area contributed by atoms with Gasteiger partial charge in [-0.05, 0) is 12.5 Å². The Bertz CT molecular complexity index is 1100. The van der Waals surface area contributed by atoms with Gasteiger partial charge in [-0.2, -0.15) is 0 Å². The number of rotatable bonds is 3. The highest BCUT2D eigenvalue weighted by Gasteiger charge is 2.40. The summed E-state index contributed by atoms with van der Waals surface area (Å²) in [6, 6.07) is 4.81. The van der Waals surface area contributed by atoms with Gasteiger partial charge in [0, 0.05) is 25.4 Å². The number of ether oxygens (including phenoxy) is 1. The number of aromatic nitrogens is 1. The van der Waals surface area contributed by atoms with E-state index in [-0.39, 0.29) is 30.0 Å². The minimum Gasteiger partial charge on any atom is -0.502 e. The number of aryl methyl sites for hydroxylation is 1. The summed E-state index contributed by atoms with van der Waals surface area (Å²) in [6.45, 7) is 2.52. The summed E-state index contributed by atoms with van der Waals surface area (Å²) in [5, 5.41) is 14.7. The largest absolute Gasteiger partial charge is 0.502 e.